The number of aromatic nitrogens is 4. The molecule has 0 fully saturated rings. The van der Waals surface area contributed by atoms with Gasteiger partial charge in [0.25, 0.3) is 0 Å². The number of fused-ring (bicyclic) bond motifs is 1. The number of methoxy groups -OCH3 is 1. The lowest BCUT2D eigenvalue weighted by atomic mass is 10.4. The van der Waals surface area contributed by atoms with E-state index in [1.165, 1.54) is 13.2 Å². The average molecular weight is 213 g/mol. The molecule has 2 rings (SSSR count). The Bertz CT molecular complexity index is 495. The first kappa shape index (κ1) is 8.89. The molecule has 0 spiro atoms. The molecule has 0 aliphatic heterocycles. The Kier molecular flexibility index (Phi) is 2.05. The number of nitrogens with one attached hydrogen (secondary N) is 1. The quantitative estimate of drug-likeness (QED) is 0.707. The average Bonchev–Trinajstić information content (AvgIpc) is 2.59. The van der Waals surface area contributed by atoms with Crippen LogP contribution in [0.5, 0.6) is 0 Å². The predicted octanol–water partition coefficient (Wildman–Crippen LogP) is 0.793. The Labute approximate surface area is 83.3 Å². The second-order valence-electron chi connectivity index (χ2n) is 2.49. The second-order valence-corrected chi connectivity index (χ2v) is 2.83. The Morgan fingerprint density at radius 2 is 2.36 bits per heavy atom. The van der Waals surface area contributed by atoms with Crippen LogP contribution in [0.1, 0.15) is 10.5 Å². The lowest BCUT2D eigenvalue weighted by molar-refractivity contribution is 0.0595. The van der Waals surface area contributed by atoms with Gasteiger partial charge in [0.05, 0.1) is 7.11 Å². The number of hydrogen-bond acceptors (Lipinski definition) is 5. The molecule has 0 saturated carbocycles. The third-order valence-corrected chi connectivity index (χ3v) is 1.79. The Morgan fingerprint density at radius 1 is 1.57 bits per heavy atom. The van der Waals surface area contributed by atoms with Crippen LogP contribution < -0.4 is 0 Å². The van der Waals surface area contributed by atoms with Crippen LogP contribution in [-0.4, -0.2) is 33.2 Å². The predicted molar refractivity (Wildman–Crippen MR) is 48.0 cm³/mol. The van der Waals surface area contributed by atoms with E-state index in [1.54, 1.807) is 0 Å². The SMILES string of the molecule is COC(=O)c1cc2nc(Cl)nnc2[nH]1. The molecular weight excluding hydrogens is 208 g/mol. The van der Waals surface area contributed by atoms with Gasteiger partial charge in [-0.1, -0.05) is 0 Å². The molecule has 0 aliphatic rings. The van der Waals surface area contributed by atoms with E-state index in [9.17, 15) is 4.79 Å². The van der Waals surface area contributed by atoms with Crippen LogP contribution in [0, 0.1) is 0 Å². The van der Waals surface area contributed by atoms with Gasteiger partial charge in [-0.2, -0.15) is 0 Å². The highest BCUT2D eigenvalue weighted by Gasteiger charge is 2.11. The molecule has 72 valence electrons. The van der Waals surface area contributed by atoms with Crippen molar-refractivity contribution >= 4 is 28.7 Å². The zero-order valence-electron chi connectivity index (χ0n) is 7.11. The van der Waals surface area contributed by atoms with Gasteiger partial charge in [0, 0.05) is 0 Å². The molecule has 2 aromatic rings. The van der Waals surface area contributed by atoms with E-state index in [0.717, 1.165) is 0 Å². The third kappa shape index (κ3) is 1.39. The normalized spacial score (nSPS) is 10.4. The fourth-order valence-corrected chi connectivity index (χ4v) is 1.16. The number of carbonyl (C=O) groups is 1. The number of hydrogen-bond donors (Lipinski definition) is 1. The van der Waals surface area contributed by atoms with Gasteiger partial charge in [-0.05, 0) is 17.7 Å². The highest BCUT2D eigenvalue weighted by Crippen LogP contribution is 2.12. The van der Waals surface area contributed by atoms with Crippen LogP contribution in [0.2, 0.25) is 5.28 Å². The maximum absolute atomic E-state index is 11.1. The summed E-state index contributed by atoms with van der Waals surface area (Å²) >= 11 is 5.53. The van der Waals surface area contributed by atoms with Gasteiger partial charge in [0.15, 0.2) is 5.65 Å². The van der Waals surface area contributed by atoms with Crippen LogP contribution in [0.25, 0.3) is 11.2 Å². The summed E-state index contributed by atoms with van der Waals surface area (Å²) in [5, 5.41) is 7.27. The van der Waals surface area contributed by atoms with Crippen molar-refractivity contribution in [1.82, 2.24) is 20.2 Å². The molecule has 0 saturated heterocycles. The molecule has 0 aliphatic carbocycles. The number of carbonyl (C=O) groups excluding carboxylic acids is 1. The fourth-order valence-electron chi connectivity index (χ4n) is 1.03. The zero-order valence-corrected chi connectivity index (χ0v) is 7.87. The van der Waals surface area contributed by atoms with E-state index in [-0.39, 0.29) is 11.0 Å². The molecule has 0 radical (unpaired) electrons. The van der Waals surface area contributed by atoms with Gasteiger partial charge in [0.1, 0.15) is 11.2 Å². The summed E-state index contributed by atoms with van der Waals surface area (Å²) in [5.74, 6) is -0.485. The number of nitrogens with zero attached hydrogens (tertiary/aromatic N) is 3. The third-order valence-electron chi connectivity index (χ3n) is 1.63. The van der Waals surface area contributed by atoms with E-state index in [4.69, 9.17) is 11.6 Å². The highest BCUT2D eigenvalue weighted by molar-refractivity contribution is 6.28. The molecule has 0 amide bonds. The maximum Gasteiger partial charge on any atom is 0.354 e. The topological polar surface area (TPSA) is 80.8 Å². The Morgan fingerprint density at radius 3 is 3.07 bits per heavy atom. The van der Waals surface area contributed by atoms with Crippen molar-refractivity contribution in [3.63, 3.8) is 0 Å². The van der Waals surface area contributed by atoms with Crippen molar-refractivity contribution in [2.45, 2.75) is 0 Å². The van der Waals surface area contributed by atoms with Crippen molar-refractivity contribution in [2.24, 2.45) is 0 Å². The minimum absolute atomic E-state index is 0.0351. The van der Waals surface area contributed by atoms with Crippen molar-refractivity contribution < 1.29 is 9.53 Å². The molecule has 14 heavy (non-hydrogen) atoms. The standard InChI is InChI=1S/C7H5ClN4O2/c1-14-6(13)4-2-3-5(9-4)11-12-7(8)10-3/h2H,1H3,(H,9,11). The largest absolute Gasteiger partial charge is 0.464 e. The molecule has 0 unspecified atom stereocenters. The van der Waals surface area contributed by atoms with Crippen molar-refractivity contribution in [2.75, 3.05) is 7.11 Å². The Balaban J connectivity index is 2.56. The lowest BCUT2D eigenvalue weighted by Crippen LogP contribution is -2.00. The molecule has 2 aromatic heterocycles. The minimum Gasteiger partial charge on any atom is -0.464 e. The Hall–Kier alpha value is -1.69. The second kappa shape index (κ2) is 3.22. The summed E-state index contributed by atoms with van der Waals surface area (Å²) in [4.78, 5) is 17.7. The summed E-state index contributed by atoms with van der Waals surface area (Å²) in [7, 11) is 1.29. The monoisotopic (exact) mass is 212 g/mol. The highest BCUT2D eigenvalue weighted by atomic mass is 35.5. The van der Waals surface area contributed by atoms with E-state index < -0.39 is 5.97 Å². The molecule has 6 nitrogen and oxygen atoms in total. The van der Waals surface area contributed by atoms with Crippen LogP contribution in [0.15, 0.2) is 6.07 Å². The van der Waals surface area contributed by atoms with Gasteiger partial charge in [-0.15, -0.1) is 10.2 Å². The first-order valence-electron chi connectivity index (χ1n) is 3.68. The first-order chi connectivity index (χ1) is 6.70. The zero-order chi connectivity index (χ0) is 10.1. The van der Waals surface area contributed by atoms with E-state index in [1.807, 2.05) is 0 Å². The molecule has 1 N–H and O–H groups in total. The van der Waals surface area contributed by atoms with Gasteiger partial charge in [0.2, 0.25) is 5.28 Å². The van der Waals surface area contributed by atoms with Crippen LogP contribution >= 0.6 is 11.6 Å². The maximum atomic E-state index is 11.1. The number of ether oxygens (including phenoxy) is 1. The van der Waals surface area contributed by atoms with Crippen LogP contribution in [0.3, 0.4) is 0 Å². The lowest BCUT2D eigenvalue weighted by Gasteiger charge is -1.91. The smallest absolute Gasteiger partial charge is 0.354 e. The number of H-pyrrole nitrogens is 1. The van der Waals surface area contributed by atoms with Gasteiger partial charge in [-0.3, -0.25) is 0 Å². The minimum atomic E-state index is -0.485. The van der Waals surface area contributed by atoms with Crippen LogP contribution in [0.4, 0.5) is 0 Å². The van der Waals surface area contributed by atoms with Crippen molar-refractivity contribution in [1.29, 1.82) is 0 Å². The summed E-state index contributed by atoms with van der Waals surface area (Å²) in [6, 6.07) is 1.50. The van der Waals surface area contributed by atoms with Crippen molar-refractivity contribution in [3.8, 4) is 0 Å². The number of rotatable bonds is 1. The molecule has 0 bridgehead atoms. The molecule has 2 heterocycles. The number of aromatic amines is 1. The summed E-state index contributed by atoms with van der Waals surface area (Å²) < 4.78 is 4.52. The number of halogens is 1. The summed E-state index contributed by atoms with van der Waals surface area (Å²) in [5.41, 5.74) is 1.15. The fraction of sp³-hybridized carbons (Fsp3) is 0.143. The van der Waals surface area contributed by atoms with Crippen molar-refractivity contribution in [3.05, 3.63) is 17.0 Å². The summed E-state index contributed by atoms with van der Waals surface area (Å²) in [6.07, 6.45) is 0. The van der Waals surface area contributed by atoms with Gasteiger partial charge in [-0.25, -0.2) is 9.78 Å². The molecule has 0 atom stereocenters. The van der Waals surface area contributed by atoms with Gasteiger partial charge < -0.3 is 9.72 Å². The first-order valence-corrected chi connectivity index (χ1v) is 4.06. The summed E-state index contributed by atoms with van der Waals surface area (Å²) in [6.45, 7) is 0. The van der Waals surface area contributed by atoms with E-state index in [0.29, 0.717) is 11.2 Å². The van der Waals surface area contributed by atoms with E-state index in [2.05, 4.69) is 24.9 Å². The molecular formula is C7H5ClN4O2. The number of esters is 1. The van der Waals surface area contributed by atoms with E-state index >= 15 is 0 Å². The molecule has 7 heteroatoms. The van der Waals surface area contributed by atoms with Gasteiger partial charge >= 0.3 is 5.97 Å². The van der Waals surface area contributed by atoms with Crippen LogP contribution in [-0.2, 0) is 4.74 Å². The molecule has 0 aromatic carbocycles.